The first-order chi connectivity index (χ1) is 8.11. The monoisotopic (exact) mass is 236 g/mol. The Labute approximate surface area is 96.6 Å². The molecule has 0 saturated carbocycles. The summed E-state index contributed by atoms with van der Waals surface area (Å²) < 4.78 is 10.5. The average molecular weight is 236 g/mol. The van der Waals surface area contributed by atoms with Crippen molar-refractivity contribution in [3.8, 4) is 5.75 Å². The Kier molecular flexibility index (Phi) is 2.65. The predicted molar refractivity (Wildman–Crippen MR) is 63.8 cm³/mol. The summed E-state index contributed by atoms with van der Waals surface area (Å²) in [5.41, 5.74) is 6.18. The number of ether oxygens (including phenoxy) is 1. The van der Waals surface area contributed by atoms with Gasteiger partial charge in [-0.25, -0.2) is 4.79 Å². The van der Waals surface area contributed by atoms with Crippen LogP contribution in [0.1, 0.15) is 0 Å². The summed E-state index contributed by atoms with van der Waals surface area (Å²) in [6.45, 7) is 0. The average Bonchev–Trinajstić information content (AvgIpc) is 2.56. The molecule has 17 heavy (non-hydrogen) atoms. The number of anilines is 3. The first-order valence-electron chi connectivity index (χ1n) is 4.79. The maximum absolute atomic E-state index is 11.1. The van der Waals surface area contributed by atoms with E-state index in [-0.39, 0.29) is 11.7 Å². The molecule has 1 aromatic heterocycles. The first-order valence-corrected chi connectivity index (χ1v) is 4.79. The van der Waals surface area contributed by atoms with E-state index in [1.807, 2.05) is 0 Å². The second kappa shape index (κ2) is 4.12. The molecule has 7 heteroatoms. The van der Waals surface area contributed by atoms with E-state index in [4.69, 9.17) is 16.3 Å². The summed E-state index contributed by atoms with van der Waals surface area (Å²) in [6, 6.07) is 7.09. The van der Waals surface area contributed by atoms with Gasteiger partial charge in [0.25, 0.3) is 0 Å². The molecule has 90 valence electrons. The fraction of sp³-hybridized carbons (Fsp3) is 0.100. The second-order valence-electron chi connectivity index (χ2n) is 3.31. The quantitative estimate of drug-likeness (QED) is 0.669. The summed E-state index contributed by atoms with van der Waals surface area (Å²) in [6.07, 6.45) is 0. The molecule has 2 aromatic rings. The van der Waals surface area contributed by atoms with Gasteiger partial charge in [-0.1, -0.05) is 6.07 Å². The molecule has 0 unspecified atom stereocenters. The third kappa shape index (κ3) is 2.03. The van der Waals surface area contributed by atoms with Gasteiger partial charge < -0.3 is 26.0 Å². The van der Waals surface area contributed by atoms with Crippen molar-refractivity contribution in [2.45, 2.75) is 0 Å². The molecule has 1 heterocycles. The highest BCUT2D eigenvalue weighted by molar-refractivity contribution is 5.66. The van der Waals surface area contributed by atoms with Crippen molar-refractivity contribution in [1.29, 1.82) is 0 Å². The minimum Gasteiger partial charge on any atom is -0.497 e. The Balaban J connectivity index is 2.34. The molecule has 0 radical (unpaired) electrons. The van der Waals surface area contributed by atoms with E-state index in [9.17, 15) is 4.79 Å². The van der Waals surface area contributed by atoms with Gasteiger partial charge in [0.1, 0.15) is 5.75 Å². The van der Waals surface area contributed by atoms with E-state index in [0.717, 1.165) is 4.68 Å². The lowest BCUT2D eigenvalue weighted by Crippen LogP contribution is -2.23. The lowest BCUT2D eigenvalue weighted by Gasteiger charge is -2.07. The Morgan fingerprint density at radius 3 is 2.82 bits per heavy atom. The molecule has 0 saturated heterocycles. The van der Waals surface area contributed by atoms with Crippen molar-refractivity contribution < 1.29 is 9.15 Å². The van der Waals surface area contributed by atoms with Crippen molar-refractivity contribution in [2.24, 2.45) is 0 Å². The fourth-order valence-corrected chi connectivity index (χ4v) is 1.36. The van der Waals surface area contributed by atoms with Crippen LogP contribution in [-0.4, -0.2) is 11.8 Å². The molecule has 0 spiro atoms. The number of nitrogens with one attached hydrogen (secondary N) is 1. The molecule has 0 amide bonds. The molecule has 0 fully saturated rings. The third-order valence-electron chi connectivity index (χ3n) is 2.20. The van der Waals surface area contributed by atoms with Gasteiger partial charge >= 0.3 is 5.76 Å². The summed E-state index contributed by atoms with van der Waals surface area (Å²) in [7, 11) is 1.56. The molecule has 2 rings (SSSR count). The standard InChI is InChI=1S/C10H12N4O3/c1-16-7-4-2-3-6(5-7)13-9-8(11)17-10(15)14(9)12/h2-5,13H,11-12H2,1H3. The Morgan fingerprint density at radius 1 is 1.47 bits per heavy atom. The highest BCUT2D eigenvalue weighted by Crippen LogP contribution is 2.23. The first kappa shape index (κ1) is 10.9. The number of oxazole rings is 1. The smallest absolute Gasteiger partial charge is 0.441 e. The van der Waals surface area contributed by atoms with Crippen LogP contribution in [0, 0.1) is 0 Å². The second-order valence-corrected chi connectivity index (χ2v) is 3.31. The molecule has 0 bridgehead atoms. The van der Waals surface area contributed by atoms with Crippen molar-refractivity contribution in [1.82, 2.24) is 4.68 Å². The van der Waals surface area contributed by atoms with Crippen molar-refractivity contribution in [3.05, 3.63) is 34.8 Å². The van der Waals surface area contributed by atoms with Crippen LogP contribution >= 0.6 is 0 Å². The van der Waals surface area contributed by atoms with E-state index in [2.05, 4.69) is 9.73 Å². The number of nitrogens with two attached hydrogens (primary N) is 2. The number of hydrogen-bond acceptors (Lipinski definition) is 6. The number of methoxy groups -OCH3 is 1. The fourth-order valence-electron chi connectivity index (χ4n) is 1.36. The zero-order valence-corrected chi connectivity index (χ0v) is 9.14. The van der Waals surface area contributed by atoms with Crippen LogP contribution in [0.2, 0.25) is 0 Å². The number of nitrogen functional groups attached to an aromatic ring is 2. The molecule has 5 N–H and O–H groups in total. The Morgan fingerprint density at radius 2 is 2.24 bits per heavy atom. The topological polar surface area (TPSA) is 108 Å². The van der Waals surface area contributed by atoms with Gasteiger partial charge in [-0.05, 0) is 12.1 Å². The van der Waals surface area contributed by atoms with Crippen LogP contribution in [0.3, 0.4) is 0 Å². The summed E-state index contributed by atoms with van der Waals surface area (Å²) >= 11 is 0. The van der Waals surface area contributed by atoms with Crippen LogP contribution in [-0.2, 0) is 0 Å². The minimum absolute atomic E-state index is 0.0691. The van der Waals surface area contributed by atoms with Gasteiger partial charge in [0.2, 0.25) is 5.88 Å². The number of nitrogens with zero attached hydrogens (tertiary/aromatic N) is 1. The molecule has 0 aliphatic carbocycles. The van der Waals surface area contributed by atoms with E-state index < -0.39 is 5.76 Å². The highest BCUT2D eigenvalue weighted by atomic mass is 16.5. The molecular formula is C10H12N4O3. The van der Waals surface area contributed by atoms with Crippen LogP contribution < -0.4 is 27.4 Å². The van der Waals surface area contributed by atoms with Gasteiger partial charge in [0.15, 0.2) is 5.82 Å². The number of hydrogen-bond donors (Lipinski definition) is 3. The van der Waals surface area contributed by atoms with E-state index >= 15 is 0 Å². The summed E-state index contributed by atoms with van der Waals surface area (Å²) in [5.74, 6) is 5.53. The zero-order valence-electron chi connectivity index (χ0n) is 9.14. The minimum atomic E-state index is -0.729. The molecule has 0 atom stereocenters. The van der Waals surface area contributed by atoms with Crippen LogP contribution in [0.15, 0.2) is 33.5 Å². The van der Waals surface area contributed by atoms with Crippen molar-refractivity contribution in [2.75, 3.05) is 24.0 Å². The zero-order chi connectivity index (χ0) is 12.4. The third-order valence-corrected chi connectivity index (χ3v) is 2.20. The molecule has 7 nitrogen and oxygen atoms in total. The van der Waals surface area contributed by atoms with Gasteiger partial charge in [-0.3, -0.25) is 0 Å². The van der Waals surface area contributed by atoms with Gasteiger partial charge in [0, 0.05) is 11.8 Å². The van der Waals surface area contributed by atoms with Crippen molar-refractivity contribution >= 4 is 17.4 Å². The number of aromatic nitrogens is 1. The maximum Gasteiger partial charge on any atom is 0.441 e. The predicted octanol–water partition coefficient (Wildman–Crippen LogP) is 0.489. The molecule has 1 aromatic carbocycles. The van der Waals surface area contributed by atoms with Crippen LogP contribution in [0.4, 0.5) is 17.4 Å². The van der Waals surface area contributed by atoms with E-state index in [1.165, 1.54) is 0 Å². The van der Waals surface area contributed by atoms with Crippen LogP contribution in [0.25, 0.3) is 0 Å². The molecule has 0 aliphatic heterocycles. The van der Waals surface area contributed by atoms with Crippen molar-refractivity contribution in [3.63, 3.8) is 0 Å². The van der Waals surface area contributed by atoms with Gasteiger partial charge in [-0.2, -0.15) is 4.68 Å². The van der Waals surface area contributed by atoms with E-state index in [0.29, 0.717) is 11.4 Å². The van der Waals surface area contributed by atoms with Gasteiger partial charge in [-0.15, -0.1) is 0 Å². The maximum atomic E-state index is 11.1. The SMILES string of the molecule is COc1cccc(Nc2c(N)oc(=O)n2N)c1. The largest absolute Gasteiger partial charge is 0.497 e. The highest BCUT2D eigenvalue weighted by Gasteiger charge is 2.12. The normalized spacial score (nSPS) is 10.2. The lowest BCUT2D eigenvalue weighted by atomic mass is 10.3. The van der Waals surface area contributed by atoms with E-state index in [1.54, 1.807) is 31.4 Å². The number of benzene rings is 1. The number of rotatable bonds is 3. The Bertz CT molecular complexity index is 587. The lowest BCUT2D eigenvalue weighted by molar-refractivity contribution is 0.415. The Hall–Kier alpha value is -2.57. The molecular weight excluding hydrogens is 224 g/mol. The summed E-state index contributed by atoms with van der Waals surface area (Å²) in [4.78, 5) is 11.1. The van der Waals surface area contributed by atoms with Gasteiger partial charge in [0.05, 0.1) is 7.11 Å². The van der Waals surface area contributed by atoms with Crippen LogP contribution in [0.5, 0.6) is 5.75 Å². The summed E-state index contributed by atoms with van der Waals surface area (Å²) in [5, 5.41) is 2.88. The molecule has 0 aliphatic rings.